The second-order valence-electron chi connectivity index (χ2n) is 14.1. The topological polar surface area (TPSA) is 114 Å². The molecule has 0 atom stereocenters. The van der Waals surface area contributed by atoms with E-state index >= 15 is 0 Å². The van der Waals surface area contributed by atoms with Crippen LogP contribution in [0.1, 0.15) is 20.8 Å². The van der Waals surface area contributed by atoms with E-state index in [4.69, 9.17) is 29.4 Å². The van der Waals surface area contributed by atoms with E-state index in [-0.39, 0.29) is 0 Å². The van der Waals surface area contributed by atoms with Gasteiger partial charge in [-0.25, -0.2) is 38.7 Å². The lowest BCUT2D eigenvalue weighted by atomic mass is 10.1. The fraction of sp³-hybridized carbons (Fsp3) is 0.116. The average Bonchev–Trinajstić information content (AvgIpc) is 3.98. The van der Waals surface area contributed by atoms with Crippen molar-refractivity contribution in [3.63, 3.8) is 0 Å². The van der Waals surface area contributed by atoms with Crippen LogP contribution >= 0.6 is 22.7 Å². The number of carbonyl (C=O) groups excluding carboxylic acids is 2. The molecular weight excluding hydrogens is 729 g/mol. The molecule has 4 aromatic carbocycles. The van der Waals surface area contributed by atoms with Crippen molar-refractivity contribution in [1.82, 2.24) is 29.1 Å². The Labute approximate surface area is 321 Å². The zero-order chi connectivity index (χ0) is 37.6. The minimum Gasteiger partial charge on any atom is -0.452 e. The van der Waals surface area contributed by atoms with E-state index in [1.54, 1.807) is 22.7 Å². The van der Waals surface area contributed by atoms with Crippen molar-refractivity contribution in [2.24, 2.45) is 0 Å². The van der Waals surface area contributed by atoms with Gasteiger partial charge in [0.1, 0.15) is 16.6 Å². The zero-order valence-corrected chi connectivity index (χ0v) is 31.7. The molecule has 12 heteroatoms. The van der Waals surface area contributed by atoms with Crippen molar-refractivity contribution >= 4 is 101 Å². The molecule has 0 saturated heterocycles. The molecule has 6 aromatic heterocycles. The largest absolute Gasteiger partial charge is 0.452 e. The first-order valence-electron chi connectivity index (χ1n) is 17.6. The Hall–Kier alpha value is -6.50. The molecule has 10 rings (SSSR count). The number of fused-ring (bicyclic) bond motifs is 8. The number of benzene rings is 4. The van der Waals surface area contributed by atoms with Crippen LogP contribution in [0.4, 0.5) is 9.59 Å². The van der Waals surface area contributed by atoms with E-state index < -0.39 is 17.8 Å². The summed E-state index contributed by atoms with van der Waals surface area (Å²) in [4.78, 5) is 50.9. The van der Waals surface area contributed by atoms with E-state index in [1.807, 2.05) is 93.6 Å². The first-order chi connectivity index (χ1) is 26.7. The molecule has 0 radical (unpaired) electrons. The molecule has 268 valence electrons. The van der Waals surface area contributed by atoms with E-state index in [0.717, 1.165) is 52.4 Å². The predicted molar refractivity (Wildman–Crippen MR) is 220 cm³/mol. The lowest BCUT2D eigenvalue weighted by molar-refractivity contribution is 0.0550. The molecule has 0 amide bonds. The highest BCUT2D eigenvalue weighted by Crippen LogP contribution is 2.43. The molecule has 0 spiro atoms. The number of methoxy groups -OCH3 is 1. The van der Waals surface area contributed by atoms with Gasteiger partial charge in [-0.2, -0.15) is 0 Å². The predicted octanol–water partition coefficient (Wildman–Crippen LogP) is 11.3. The van der Waals surface area contributed by atoms with Crippen molar-refractivity contribution in [3.05, 3.63) is 109 Å². The molecule has 0 fully saturated rings. The fourth-order valence-electron chi connectivity index (χ4n) is 7.17. The molecule has 55 heavy (non-hydrogen) atoms. The summed E-state index contributed by atoms with van der Waals surface area (Å²) < 4.78 is 13.9. The van der Waals surface area contributed by atoms with Gasteiger partial charge in [0.15, 0.2) is 11.3 Å². The Bertz CT molecular complexity index is 3220. The van der Waals surface area contributed by atoms with E-state index in [9.17, 15) is 9.59 Å². The van der Waals surface area contributed by atoms with Crippen LogP contribution in [-0.4, -0.2) is 54.0 Å². The Morgan fingerprint density at radius 3 is 1.45 bits per heavy atom. The summed E-state index contributed by atoms with van der Waals surface area (Å²) in [6.45, 7) is 5.55. The first-order valence-corrected chi connectivity index (χ1v) is 19.2. The maximum Gasteiger partial charge on any atom is 0.420 e. The van der Waals surface area contributed by atoms with Crippen molar-refractivity contribution in [1.29, 1.82) is 0 Å². The number of carbonyl (C=O) groups is 2. The molecule has 0 N–H and O–H groups in total. The summed E-state index contributed by atoms with van der Waals surface area (Å²) >= 11 is 3.38. The Balaban J connectivity index is 1.05. The SMILES string of the molecule is COC(=O)n1c2ccccc2c2nc3c(-c4ccc(-c5ccc(-c6cccc7nc8c(nc67)c6ccccc6n8C(=O)OC(C)(C)C)s5)s4)cccc3nc21. The van der Waals surface area contributed by atoms with Gasteiger partial charge in [-0.05, 0) is 69.3 Å². The highest BCUT2D eigenvalue weighted by atomic mass is 32.1. The summed E-state index contributed by atoms with van der Waals surface area (Å²) in [7, 11) is 1.36. The van der Waals surface area contributed by atoms with Gasteiger partial charge in [0.25, 0.3) is 0 Å². The average molecular weight is 759 g/mol. The monoisotopic (exact) mass is 758 g/mol. The van der Waals surface area contributed by atoms with Crippen LogP contribution in [0, 0.1) is 0 Å². The van der Waals surface area contributed by atoms with Crippen LogP contribution in [0.2, 0.25) is 0 Å². The van der Waals surface area contributed by atoms with Crippen LogP contribution in [0.3, 0.4) is 0 Å². The molecule has 0 aliphatic heterocycles. The molecule has 0 saturated carbocycles. The smallest absolute Gasteiger partial charge is 0.420 e. The van der Waals surface area contributed by atoms with E-state index in [2.05, 4.69) is 36.4 Å². The van der Waals surface area contributed by atoms with E-state index in [1.165, 1.54) is 16.2 Å². The Morgan fingerprint density at radius 2 is 0.982 bits per heavy atom. The molecule has 10 aromatic rings. The van der Waals surface area contributed by atoms with Gasteiger partial charge in [-0.15, -0.1) is 22.7 Å². The third kappa shape index (κ3) is 5.28. The van der Waals surface area contributed by atoms with E-state index in [0.29, 0.717) is 44.4 Å². The molecule has 0 bridgehead atoms. The van der Waals surface area contributed by atoms with Crippen LogP contribution in [-0.2, 0) is 9.47 Å². The van der Waals surface area contributed by atoms with Gasteiger partial charge in [-0.1, -0.05) is 60.7 Å². The quantitative estimate of drug-likeness (QED) is 0.175. The maximum absolute atomic E-state index is 13.5. The molecule has 0 unspecified atom stereocenters. The summed E-state index contributed by atoms with van der Waals surface area (Å²) in [6, 6.07) is 35.8. The summed E-state index contributed by atoms with van der Waals surface area (Å²) in [6.07, 6.45) is -0.999. The maximum atomic E-state index is 13.5. The standard InChI is InChI=1S/C43H30N6O4S2/c1-43(2,3)53-42(51)49-30-18-8-6-12-24(30)38-40(49)45-28-16-10-14-26(36(28)47-38)32-20-22-34(55-32)33-21-19-31(54-33)25-13-9-15-27-35(25)46-37-23-11-5-7-17-29(23)48(39(37)44-27)41(50)52-4/h5-22H,1-4H3. The van der Waals surface area contributed by atoms with Crippen molar-refractivity contribution in [3.8, 4) is 30.6 Å². The fourth-order valence-corrected chi connectivity index (χ4v) is 9.33. The van der Waals surface area contributed by atoms with Crippen molar-refractivity contribution in [2.75, 3.05) is 7.11 Å². The number of hydrogen-bond donors (Lipinski definition) is 0. The van der Waals surface area contributed by atoms with Gasteiger partial charge in [0, 0.05) is 41.4 Å². The number of thiophene rings is 2. The number of aromatic nitrogens is 6. The molecule has 0 aliphatic rings. The van der Waals surface area contributed by atoms with Crippen LogP contribution in [0.15, 0.2) is 109 Å². The Morgan fingerprint density at radius 1 is 0.527 bits per heavy atom. The molecule has 6 heterocycles. The number of para-hydroxylation sites is 4. The van der Waals surface area contributed by atoms with Crippen molar-refractivity contribution < 1.29 is 19.1 Å². The highest BCUT2D eigenvalue weighted by Gasteiger charge is 2.25. The lowest BCUT2D eigenvalue weighted by Gasteiger charge is -2.20. The van der Waals surface area contributed by atoms with Crippen LogP contribution in [0.25, 0.3) is 96.8 Å². The second kappa shape index (κ2) is 12.3. The third-order valence-corrected chi connectivity index (χ3v) is 11.9. The summed E-state index contributed by atoms with van der Waals surface area (Å²) in [5.41, 5.74) is 7.77. The van der Waals surface area contributed by atoms with Crippen LogP contribution in [0.5, 0.6) is 0 Å². The van der Waals surface area contributed by atoms with Gasteiger partial charge >= 0.3 is 12.2 Å². The number of rotatable bonds is 3. The first kappa shape index (κ1) is 33.1. The normalized spacial score (nSPS) is 12.1. The summed E-state index contributed by atoms with van der Waals surface area (Å²) in [5, 5.41) is 1.66. The number of nitrogens with zero attached hydrogens (tertiary/aromatic N) is 6. The molecular formula is C43H30N6O4S2. The minimum absolute atomic E-state index is 0.461. The highest BCUT2D eigenvalue weighted by molar-refractivity contribution is 7.25. The van der Waals surface area contributed by atoms with Gasteiger partial charge < -0.3 is 9.47 Å². The van der Waals surface area contributed by atoms with Crippen molar-refractivity contribution in [2.45, 2.75) is 26.4 Å². The second-order valence-corrected chi connectivity index (χ2v) is 16.3. The van der Waals surface area contributed by atoms with Gasteiger partial charge in [-0.3, -0.25) is 0 Å². The number of hydrogen-bond acceptors (Lipinski definition) is 10. The number of ether oxygens (including phenoxy) is 2. The molecule has 10 nitrogen and oxygen atoms in total. The summed E-state index contributed by atoms with van der Waals surface area (Å²) in [5.74, 6) is 0. The van der Waals surface area contributed by atoms with Gasteiger partial charge in [0.05, 0.1) is 40.2 Å². The van der Waals surface area contributed by atoms with Crippen LogP contribution < -0.4 is 0 Å². The van der Waals surface area contributed by atoms with Gasteiger partial charge in [0.2, 0.25) is 0 Å². The minimum atomic E-state index is -0.669. The third-order valence-electron chi connectivity index (χ3n) is 9.50. The zero-order valence-electron chi connectivity index (χ0n) is 30.0. The molecule has 0 aliphatic carbocycles. The Kier molecular flexibility index (Phi) is 7.38. The lowest BCUT2D eigenvalue weighted by Crippen LogP contribution is -2.27.